The van der Waals surface area contributed by atoms with Crippen molar-refractivity contribution in [2.24, 2.45) is 17.6 Å². The second-order valence-corrected chi connectivity index (χ2v) is 6.44. The minimum Gasteiger partial charge on any atom is -0.496 e. The quantitative estimate of drug-likeness (QED) is 0.870. The van der Waals surface area contributed by atoms with E-state index < -0.39 is 0 Å². The van der Waals surface area contributed by atoms with Crippen molar-refractivity contribution in [3.8, 4) is 5.75 Å². The van der Waals surface area contributed by atoms with Crippen LogP contribution in [0, 0.1) is 11.8 Å². The van der Waals surface area contributed by atoms with Crippen LogP contribution in [0.4, 0.5) is 0 Å². The molecule has 2 N–H and O–H groups in total. The summed E-state index contributed by atoms with van der Waals surface area (Å²) in [7, 11) is 3.42. The molecule has 0 radical (unpaired) electrons. The number of nitrogens with two attached hydrogens (primary N) is 1. The lowest BCUT2D eigenvalue weighted by Crippen LogP contribution is -2.30. The van der Waals surface area contributed by atoms with Crippen LogP contribution in [-0.4, -0.2) is 38.3 Å². The standard InChI is InChI=1S/C17H26N2O2/c1-20-11-14-7-12(3-6-17(14)21-2)8-19-9-15(13-4-5-13)16(18)10-19/h3,6-7,13,15-16H,4-5,8-11,18H2,1-2H3/t15-,16+/m0/s1. The average Bonchev–Trinajstić information content (AvgIpc) is 3.24. The molecular weight excluding hydrogens is 264 g/mol. The van der Waals surface area contributed by atoms with Crippen LogP contribution in [0.25, 0.3) is 0 Å². The van der Waals surface area contributed by atoms with Crippen LogP contribution in [0.3, 0.4) is 0 Å². The van der Waals surface area contributed by atoms with E-state index in [0.717, 1.165) is 36.9 Å². The molecule has 0 unspecified atom stereocenters. The number of nitrogens with zero attached hydrogens (tertiary/aromatic N) is 1. The van der Waals surface area contributed by atoms with Gasteiger partial charge in [-0.3, -0.25) is 4.90 Å². The van der Waals surface area contributed by atoms with Gasteiger partial charge < -0.3 is 15.2 Å². The van der Waals surface area contributed by atoms with E-state index in [9.17, 15) is 0 Å². The zero-order valence-electron chi connectivity index (χ0n) is 13.0. The maximum absolute atomic E-state index is 6.31. The lowest BCUT2D eigenvalue weighted by molar-refractivity contribution is 0.181. The van der Waals surface area contributed by atoms with Gasteiger partial charge in [-0.05, 0) is 42.4 Å². The van der Waals surface area contributed by atoms with Crippen LogP contribution in [0.1, 0.15) is 24.0 Å². The summed E-state index contributed by atoms with van der Waals surface area (Å²) < 4.78 is 10.6. The number of methoxy groups -OCH3 is 2. The summed E-state index contributed by atoms with van der Waals surface area (Å²) >= 11 is 0. The van der Waals surface area contributed by atoms with Crippen molar-refractivity contribution >= 4 is 0 Å². The van der Waals surface area contributed by atoms with Gasteiger partial charge >= 0.3 is 0 Å². The van der Waals surface area contributed by atoms with Crippen molar-refractivity contribution in [3.05, 3.63) is 29.3 Å². The van der Waals surface area contributed by atoms with E-state index in [1.54, 1.807) is 14.2 Å². The fraction of sp³-hybridized carbons (Fsp3) is 0.647. The fourth-order valence-corrected chi connectivity index (χ4v) is 3.55. The molecule has 2 fully saturated rings. The van der Waals surface area contributed by atoms with Crippen molar-refractivity contribution in [1.82, 2.24) is 4.90 Å². The first kappa shape index (κ1) is 14.8. The van der Waals surface area contributed by atoms with Gasteiger partial charge in [0.05, 0.1) is 13.7 Å². The van der Waals surface area contributed by atoms with Crippen LogP contribution in [0.5, 0.6) is 5.75 Å². The molecule has 4 nitrogen and oxygen atoms in total. The highest BCUT2D eigenvalue weighted by atomic mass is 16.5. The first-order chi connectivity index (χ1) is 10.2. The van der Waals surface area contributed by atoms with Gasteiger partial charge in [-0.2, -0.15) is 0 Å². The van der Waals surface area contributed by atoms with Gasteiger partial charge in [-0.25, -0.2) is 0 Å². The Hall–Kier alpha value is -1.10. The minimum atomic E-state index is 0.356. The molecule has 21 heavy (non-hydrogen) atoms. The normalized spacial score (nSPS) is 26.2. The average molecular weight is 290 g/mol. The zero-order valence-corrected chi connectivity index (χ0v) is 13.0. The van der Waals surface area contributed by atoms with Crippen molar-refractivity contribution in [1.29, 1.82) is 0 Å². The molecule has 0 bridgehead atoms. The molecule has 4 heteroatoms. The Labute approximate surface area is 127 Å². The van der Waals surface area contributed by atoms with Crippen LogP contribution < -0.4 is 10.5 Å². The van der Waals surface area contributed by atoms with Crippen LogP contribution in [0.15, 0.2) is 18.2 Å². The molecule has 3 rings (SSSR count). The molecule has 2 aliphatic rings. The van der Waals surface area contributed by atoms with E-state index in [1.807, 2.05) is 6.07 Å². The Kier molecular flexibility index (Phi) is 4.48. The van der Waals surface area contributed by atoms with Crippen LogP contribution >= 0.6 is 0 Å². The lowest BCUT2D eigenvalue weighted by Gasteiger charge is -2.17. The van der Waals surface area contributed by atoms with E-state index in [0.29, 0.717) is 18.6 Å². The molecule has 1 saturated carbocycles. The lowest BCUT2D eigenvalue weighted by atomic mass is 9.99. The predicted octanol–water partition coefficient (Wildman–Crippen LogP) is 2.01. The van der Waals surface area contributed by atoms with Crippen molar-refractivity contribution in [3.63, 3.8) is 0 Å². The summed E-state index contributed by atoms with van der Waals surface area (Å²) in [5, 5.41) is 0. The number of hydrogen-bond donors (Lipinski definition) is 1. The summed E-state index contributed by atoms with van der Waals surface area (Å²) in [6.07, 6.45) is 2.76. The smallest absolute Gasteiger partial charge is 0.124 e. The molecular formula is C17H26N2O2. The van der Waals surface area contributed by atoms with Crippen molar-refractivity contribution < 1.29 is 9.47 Å². The van der Waals surface area contributed by atoms with Crippen molar-refractivity contribution in [2.45, 2.75) is 32.0 Å². The molecule has 0 aromatic heterocycles. The Morgan fingerprint density at radius 3 is 2.71 bits per heavy atom. The number of hydrogen-bond acceptors (Lipinski definition) is 4. The van der Waals surface area contributed by atoms with Gasteiger partial charge in [-0.15, -0.1) is 0 Å². The van der Waals surface area contributed by atoms with Gasteiger partial charge in [0.2, 0.25) is 0 Å². The number of likely N-dealkylation sites (tertiary alicyclic amines) is 1. The summed E-state index contributed by atoms with van der Waals surface area (Å²) in [6, 6.07) is 6.74. The Balaban J connectivity index is 1.66. The van der Waals surface area contributed by atoms with Gasteiger partial charge in [0.25, 0.3) is 0 Å². The molecule has 1 aliphatic heterocycles. The number of rotatable bonds is 6. The molecule has 1 saturated heterocycles. The topological polar surface area (TPSA) is 47.7 Å². The monoisotopic (exact) mass is 290 g/mol. The molecule has 0 amide bonds. The van der Waals surface area contributed by atoms with Gasteiger partial charge in [0.1, 0.15) is 5.75 Å². The number of benzene rings is 1. The molecule has 116 valence electrons. The molecule has 1 heterocycles. The first-order valence-electron chi connectivity index (χ1n) is 7.84. The summed E-state index contributed by atoms with van der Waals surface area (Å²) in [6.45, 7) is 3.73. The predicted molar refractivity (Wildman–Crippen MR) is 83.2 cm³/mol. The van der Waals surface area contributed by atoms with E-state index >= 15 is 0 Å². The Morgan fingerprint density at radius 2 is 2.05 bits per heavy atom. The van der Waals surface area contributed by atoms with Crippen molar-refractivity contribution in [2.75, 3.05) is 27.3 Å². The van der Waals surface area contributed by atoms with Gasteiger partial charge in [0, 0.05) is 38.3 Å². The highest BCUT2D eigenvalue weighted by molar-refractivity contribution is 5.37. The fourth-order valence-electron chi connectivity index (χ4n) is 3.55. The molecule has 2 atom stereocenters. The molecule has 1 aliphatic carbocycles. The van der Waals surface area contributed by atoms with E-state index in [4.69, 9.17) is 15.2 Å². The zero-order chi connectivity index (χ0) is 14.8. The molecule has 0 spiro atoms. The summed E-state index contributed by atoms with van der Waals surface area (Å²) in [4.78, 5) is 2.49. The molecule has 1 aromatic rings. The third-order valence-corrected chi connectivity index (χ3v) is 4.77. The second-order valence-electron chi connectivity index (χ2n) is 6.44. The maximum Gasteiger partial charge on any atom is 0.124 e. The molecule has 1 aromatic carbocycles. The second kappa shape index (κ2) is 6.34. The Bertz CT molecular complexity index is 488. The van der Waals surface area contributed by atoms with Crippen LogP contribution in [0.2, 0.25) is 0 Å². The largest absolute Gasteiger partial charge is 0.496 e. The highest BCUT2D eigenvalue weighted by Gasteiger charge is 2.40. The SMILES string of the molecule is COCc1cc(CN2C[C@@H](N)[C@H](C3CC3)C2)ccc1OC. The minimum absolute atomic E-state index is 0.356. The van der Waals surface area contributed by atoms with E-state index in [-0.39, 0.29) is 0 Å². The Morgan fingerprint density at radius 1 is 1.24 bits per heavy atom. The van der Waals surface area contributed by atoms with Gasteiger partial charge in [-0.1, -0.05) is 6.07 Å². The summed E-state index contributed by atoms with van der Waals surface area (Å²) in [5.41, 5.74) is 8.73. The summed E-state index contributed by atoms with van der Waals surface area (Å²) in [5.74, 6) is 2.50. The van der Waals surface area contributed by atoms with Crippen LogP contribution in [-0.2, 0) is 17.9 Å². The third-order valence-electron chi connectivity index (χ3n) is 4.77. The van der Waals surface area contributed by atoms with E-state index in [2.05, 4.69) is 17.0 Å². The maximum atomic E-state index is 6.31. The highest BCUT2D eigenvalue weighted by Crippen LogP contribution is 2.41. The van der Waals surface area contributed by atoms with Gasteiger partial charge in [0.15, 0.2) is 0 Å². The third kappa shape index (κ3) is 3.39. The number of ether oxygens (including phenoxy) is 2. The van der Waals surface area contributed by atoms with E-state index in [1.165, 1.54) is 18.4 Å². The first-order valence-corrected chi connectivity index (χ1v) is 7.84.